The van der Waals surface area contributed by atoms with Gasteiger partial charge in [-0.15, -0.1) is 0 Å². The molecule has 10 heavy (non-hydrogen) atoms. The van der Waals surface area contributed by atoms with Crippen LogP contribution in [0.25, 0.3) is 0 Å². The zero-order valence-electron chi connectivity index (χ0n) is 5.24. The molecule has 0 amide bonds. The Balaban J connectivity index is 2.93. The van der Waals surface area contributed by atoms with Crippen molar-refractivity contribution in [3.63, 3.8) is 0 Å². The van der Waals surface area contributed by atoms with Crippen LogP contribution in [0.3, 0.4) is 0 Å². The summed E-state index contributed by atoms with van der Waals surface area (Å²) in [5.74, 6) is 0. The first-order valence-electron chi connectivity index (χ1n) is 2.80. The maximum Gasteiger partial charge on any atom is 0.140 e. The highest BCUT2D eigenvalue weighted by Gasteiger charge is 1.91. The topological polar surface area (TPSA) is 56.6 Å². The van der Waals surface area contributed by atoms with E-state index in [-0.39, 0.29) is 6.61 Å². The zero-order chi connectivity index (χ0) is 7.40. The van der Waals surface area contributed by atoms with Gasteiger partial charge >= 0.3 is 0 Å². The second-order valence-electron chi connectivity index (χ2n) is 1.81. The van der Waals surface area contributed by atoms with Gasteiger partial charge in [-0.25, -0.2) is 10.1 Å². The van der Waals surface area contributed by atoms with Crippen LogP contribution in [0.5, 0.6) is 0 Å². The fourth-order valence-electron chi connectivity index (χ4n) is 0.576. The summed E-state index contributed by atoms with van der Waals surface area (Å²) in [4.78, 5) is 3.71. The van der Waals surface area contributed by atoms with E-state index < -0.39 is 0 Å². The average Bonchev–Trinajstić information content (AvgIpc) is 2.05. The number of nitrogens with zero attached hydrogens (tertiary/aromatic N) is 2. The van der Waals surface area contributed by atoms with Crippen LogP contribution in [-0.4, -0.2) is 4.98 Å². The number of hydrogen-bond acceptors (Lipinski definition) is 2. The van der Waals surface area contributed by atoms with Crippen molar-refractivity contribution < 1.29 is 5.11 Å². The van der Waals surface area contributed by atoms with E-state index in [2.05, 4.69) is 4.98 Å². The molecule has 0 aliphatic rings. The number of rotatable bonds is 1. The van der Waals surface area contributed by atoms with E-state index >= 15 is 0 Å². The predicted octanol–water partition coefficient (Wildman–Crippen LogP) is 0.884. The van der Waals surface area contributed by atoms with Crippen LogP contribution in [0.1, 0.15) is 11.3 Å². The monoisotopic (exact) mass is 133 g/mol. The van der Waals surface area contributed by atoms with Crippen molar-refractivity contribution in [1.82, 2.24) is 4.98 Å². The van der Waals surface area contributed by atoms with Crippen LogP contribution >= 0.6 is 0 Å². The van der Waals surface area contributed by atoms with E-state index in [0.717, 1.165) is 0 Å². The molecule has 0 spiro atoms. The first-order valence-corrected chi connectivity index (χ1v) is 2.80. The molecule has 3 heteroatoms. The molecule has 1 aromatic rings. The van der Waals surface area contributed by atoms with Gasteiger partial charge in [0.15, 0.2) is 0 Å². The van der Waals surface area contributed by atoms with Crippen molar-refractivity contribution in [2.75, 3.05) is 0 Å². The Morgan fingerprint density at radius 1 is 1.60 bits per heavy atom. The maximum atomic E-state index is 10.2. The second kappa shape index (κ2) is 2.95. The van der Waals surface area contributed by atoms with Gasteiger partial charge in [0.25, 0.3) is 0 Å². The van der Waals surface area contributed by atoms with Crippen LogP contribution in [0.2, 0.25) is 0 Å². The molecule has 1 heterocycles. The van der Waals surface area contributed by atoms with Gasteiger partial charge < -0.3 is 0 Å². The van der Waals surface area contributed by atoms with E-state index in [1.807, 2.05) is 6.07 Å². The summed E-state index contributed by atoms with van der Waals surface area (Å²) in [6.07, 6.45) is 1.42. The quantitative estimate of drug-likeness (QED) is 0.571. The summed E-state index contributed by atoms with van der Waals surface area (Å²) in [7, 11) is 0. The van der Waals surface area contributed by atoms with Gasteiger partial charge in [0.1, 0.15) is 18.4 Å². The Morgan fingerprint density at radius 2 is 2.40 bits per heavy atom. The third kappa shape index (κ3) is 1.30. The molecule has 0 aromatic carbocycles. The number of pyridine rings is 1. The van der Waals surface area contributed by atoms with Gasteiger partial charge in [0, 0.05) is 6.20 Å². The highest BCUT2D eigenvalue weighted by Crippen LogP contribution is 1.97. The van der Waals surface area contributed by atoms with E-state index in [4.69, 9.17) is 5.26 Å². The molecule has 1 radical (unpaired) electrons. The molecule has 49 valence electrons. The molecule has 0 aliphatic heterocycles. The standard InChI is InChI=1S/C7H5N2O/c8-3-7-2-1-6(5-10)4-9-7/h1-2,4H,5H2. The highest BCUT2D eigenvalue weighted by molar-refractivity contribution is 5.22. The molecule has 0 bridgehead atoms. The lowest BCUT2D eigenvalue weighted by Gasteiger charge is -1.90. The van der Waals surface area contributed by atoms with Crippen molar-refractivity contribution in [1.29, 1.82) is 5.26 Å². The van der Waals surface area contributed by atoms with Crippen LogP contribution in [0.15, 0.2) is 18.3 Å². The molecule has 0 atom stereocenters. The van der Waals surface area contributed by atoms with Crippen molar-refractivity contribution in [2.45, 2.75) is 6.61 Å². The second-order valence-corrected chi connectivity index (χ2v) is 1.81. The summed E-state index contributed by atoms with van der Waals surface area (Å²) in [6, 6.07) is 5.01. The number of nitriles is 1. The lowest BCUT2D eigenvalue weighted by atomic mass is 10.3. The average molecular weight is 133 g/mol. The third-order valence-electron chi connectivity index (χ3n) is 1.11. The maximum absolute atomic E-state index is 10.2. The van der Waals surface area contributed by atoms with Gasteiger partial charge in [-0.2, -0.15) is 5.26 Å². The van der Waals surface area contributed by atoms with Crippen LogP contribution < -0.4 is 0 Å². The molecule has 0 N–H and O–H groups in total. The Hall–Kier alpha value is -1.40. The Bertz CT molecular complexity index is 247. The van der Waals surface area contributed by atoms with Crippen molar-refractivity contribution in [3.05, 3.63) is 29.6 Å². The number of hydrogen-bond donors (Lipinski definition) is 0. The first-order chi connectivity index (χ1) is 4.86. The van der Waals surface area contributed by atoms with Crippen LogP contribution in [-0.2, 0) is 11.7 Å². The Labute approximate surface area is 58.6 Å². The highest BCUT2D eigenvalue weighted by atomic mass is 16.3. The van der Waals surface area contributed by atoms with E-state index in [1.165, 1.54) is 12.3 Å². The zero-order valence-corrected chi connectivity index (χ0v) is 5.24. The smallest absolute Gasteiger partial charge is 0.140 e. The lowest BCUT2D eigenvalue weighted by Crippen LogP contribution is -1.85. The molecule has 1 aromatic heterocycles. The fraction of sp³-hybridized carbons (Fsp3) is 0.143. The molecule has 3 nitrogen and oxygen atoms in total. The molecule has 0 aliphatic carbocycles. The third-order valence-corrected chi connectivity index (χ3v) is 1.11. The molecule has 0 unspecified atom stereocenters. The van der Waals surface area contributed by atoms with Crippen molar-refractivity contribution in [3.8, 4) is 6.07 Å². The summed E-state index contributed by atoms with van der Waals surface area (Å²) < 4.78 is 0. The summed E-state index contributed by atoms with van der Waals surface area (Å²) in [5, 5.41) is 18.5. The summed E-state index contributed by atoms with van der Waals surface area (Å²) in [6.45, 7) is -0.279. The first kappa shape index (κ1) is 6.72. The molecular formula is C7H5N2O. The number of aromatic nitrogens is 1. The van der Waals surface area contributed by atoms with Gasteiger partial charge in [-0.05, 0) is 11.6 Å². The SMILES string of the molecule is N#Cc1ccc(C[O])cn1. The van der Waals surface area contributed by atoms with Crippen LogP contribution in [0.4, 0.5) is 0 Å². The van der Waals surface area contributed by atoms with E-state index in [0.29, 0.717) is 11.3 Å². The lowest BCUT2D eigenvalue weighted by molar-refractivity contribution is 0.177. The molecule has 0 saturated heterocycles. The Kier molecular flexibility index (Phi) is 1.98. The molecule has 0 fully saturated rings. The minimum atomic E-state index is -0.279. The summed E-state index contributed by atoms with van der Waals surface area (Å²) in [5.41, 5.74) is 0.955. The minimum absolute atomic E-state index is 0.279. The molecule has 0 saturated carbocycles. The minimum Gasteiger partial charge on any atom is -0.245 e. The van der Waals surface area contributed by atoms with Crippen molar-refractivity contribution in [2.24, 2.45) is 0 Å². The normalized spacial score (nSPS) is 8.80. The fourth-order valence-corrected chi connectivity index (χ4v) is 0.576. The van der Waals surface area contributed by atoms with Gasteiger partial charge in [-0.1, -0.05) is 6.07 Å². The predicted molar refractivity (Wildman–Crippen MR) is 33.3 cm³/mol. The van der Waals surface area contributed by atoms with E-state index in [9.17, 15) is 5.11 Å². The van der Waals surface area contributed by atoms with Crippen molar-refractivity contribution >= 4 is 0 Å². The molecule has 1 rings (SSSR count). The van der Waals surface area contributed by atoms with Crippen LogP contribution in [0, 0.1) is 11.3 Å². The van der Waals surface area contributed by atoms with Gasteiger partial charge in [0.05, 0.1) is 0 Å². The van der Waals surface area contributed by atoms with Gasteiger partial charge in [-0.3, -0.25) is 0 Å². The van der Waals surface area contributed by atoms with E-state index in [1.54, 1.807) is 6.07 Å². The van der Waals surface area contributed by atoms with Gasteiger partial charge in [0.2, 0.25) is 0 Å². The Morgan fingerprint density at radius 3 is 2.80 bits per heavy atom. The molecular weight excluding hydrogens is 128 g/mol. The summed E-state index contributed by atoms with van der Waals surface area (Å²) >= 11 is 0. The largest absolute Gasteiger partial charge is 0.245 e.